The summed E-state index contributed by atoms with van der Waals surface area (Å²) in [6.45, 7) is 2.04. The van der Waals surface area contributed by atoms with Gasteiger partial charge in [-0.3, -0.25) is 4.79 Å². The fourth-order valence-electron chi connectivity index (χ4n) is 2.00. The van der Waals surface area contributed by atoms with Gasteiger partial charge in [-0.1, -0.05) is 36.4 Å². The first kappa shape index (κ1) is 14.5. The van der Waals surface area contributed by atoms with Crippen LogP contribution >= 0.6 is 12.4 Å². The van der Waals surface area contributed by atoms with Gasteiger partial charge in [0.25, 0.3) is 0 Å². The van der Waals surface area contributed by atoms with Crippen LogP contribution in [-0.2, 0) is 9.53 Å². The third kappa shape index (κ3) is 2.47. The standard InChI is InChI=1S/C14H15NO2.ClH/c1-9-7-8-12(13(15)14(16)17-2)11-6-4-3-5-10(9)11;/h3-8,13H,15H2,1-2H3;1H/t13-;/m0./s1. The number of aryl methyl sites for hydroxylation is 1. The second kappa shape index (κ2) is 5.85. The molecule has 96 valence electrons. The molecule has 18 heavy (non-hydrogen) atoms. The normalized spacial score (nSPS) is 11.7. The van der Waals surface area contributed by atoms with Crippen LogP contribution in [0.3, 0.4) is 0 Å². The zero-order valence-corrected chi connectivity index (χ0v) is 11.2. The summed E-state index contributed by atoms with van der Waals surface area (Å²) in [5.41, 5.74) is 7.86. The Labute approximate surface area is 112 Å². The van der Waals surface area contributed by atoms with Crippen molar-refractivity contribution in [1.29, 1.82) is 0 Å². The Balaban J connectivity index is 0.00000162. The molecule has 0 spiro atoms. The first-order valence-corrected chi connectivity index (χ1v) is 5.47. The average molecular weight is 266 g/mol. The van der Waals surface area contributed by atoms with Crippen molar-refractivity contribution in [2.45, 2.75) is 13.0 Å². The third-order valence-corrected chi connectivity index (χ3v) is 2.97. The molecule has 0 saturated heterocycles. The highest BCUT2D eigenvalue weighted by molar-refractivity contribution is 5.92. The summed E-state index contributed by atoms with van der Waals surface area (Å²) in [6.07, 6.45) is 0. The quantitative estimate of drug-likeness (QED) is 0.850. The molecule has 2 aromatic rings. The lowest BCUT2D eigenvalue weighted by atomic mass is 9.96. The molecule has 0 aliphatic heterocycles. The van der Waals surface area contributed by atoms with Gasteiger partial charge in [0.05, 0.1) is 7.11 Å². The van der Waals surface area contributed by atoms with E-state index in [4.69, 9.17) is 5.73 Å². The lowest BCUT2D eigenvalue weighted by Crippen LogP contribution is -2.22. The third-order valence-electron chi connectivity index (χ3n) is 2.97. The molecule has 0 saturated carbocycles. The Kier molecular flexibility index (Phi) is 4.70. The first-order valence-electron chi connectivity index (χ1n) is 5.47. The fourth-order valence-corrected chi connectivity index (χ4v) is 2.00. The number of esters is 1. The van der Waals surface area contributed by atoms with Crippen molar-refractivity contribution < 1.29 is 9.53 Å². The minimum atomic E-state index is -0.731. The Morgan fingerprint density at radius 1 is 1.17 bits per heavy atom. The summed E-state index contributed by atoms with van der Waals surface area (Å²) in [5.74, 6) is -0.418. The number of hydrogen-bond donors (Lipinski definition) is 1. The molecule has 0 amide bonds. The van der Waals surface area contributed by atoms with E-state index in [0.29, 0.717) is 0 Å². The van der Waals surface area contributed by atoms with Gasteiger partial charge < -0.3 is 10.5 Å². The van der Waals surface area contributed by atoms with Crippen molar-refractivity contribution in [3.05, 3.63) is 47.5 Å². The SMILES string of the molecule is COC(=O)[C@@H](N)c1ccc(C)c2ccccc12.Cl. The van der Waals surface area contributed by atoms with Crippen LogP contribution in [0.1, 0.15) is 17.2 Å². The zero-order valence-electron chi connectivity index (χ0n) is 10.3. The highest BCUT2D eigenvalue weighted by Crippen LogP contribution is 2.26. The number of ether oxygens (including phenoxy) is 1. The van der Waals surface area contributed by atoms with Gasteiger partial charge in [-0.05, 0) is 28.8 Å². The molecule has 2 rings (SSSR count). The Morgan fingerprint density at radius 2 is 1.78 bits per heavy atom. The molecule has 0 bridgehead atoms. The number of halogens is 1. The van der Waals surface area contributed by atoms with Crippen LogP contribution in [0.5, 0.6) is 0 Å². The maximum atomic E-state index is 11.5. The van der Waals surface area contributed by atoms with Crippen molar-refractivity contribution in [3.8, 4) is 0 Å². The smallest absolute Gasteiger partial charge is 0.327 e. The lowest BCUT2D eigenvalue weighted by molar-refractivity contribution is -0.142. The van der Waals surface area contributed by atoms with E-state index < -0.39 is 12.0 Å². The maximum absolute atomic E-state index is 11.5. The summed E-state index contributed by atoms with van der Waals surface area (Å²) in [6, 6.07) is 11.0. The summed E-state index contributed by atoms with van der Waals surface area (Å²) in [4.78, 5) is 11.5. The molecular formula is C14H16ClNO2. The van der Waals surface area contributed by atoms with Gasteiger partial charge in [0.15, 0.2) is 0 Å². The Bertz CT molecular complexity index is 569. The average Bonchev–Trinajstić information content (AvgIpc) is 2.38. The molecular weight excluding hydrogens is 250 g/mol. The summed E-state index contributed by atoms with van der Waals surface area (Å²) >= 11 is 0. The Morgan fingerprint density at radius 3 is 2.39 bits per heavy atom. The predicted molar refractivity (Wildman–Crippen MR) is 74.9 cm³/mol. The molecule has 0 heterocycles. The van der Waals surface area contributed by atoms with Crippen molar-refractivity contribution in [1.82, 2.24) is 0 Å². The van der Waals surface area contributed by atoms with Gasteiger partial charge >= 0.3 is 5.97 Å². The van der Waals surface area contributed by atoms with Crippen molar-refractivity contribution in [2.75, 3.05) is 7.11 Å². The number of carbonyl (C=O) groups is 1. The van der Waals surface area contributed by atoms with Gasteiger partial charge in [0.2, 0.25) is 0 Å². The first-order chi connectivity index (χ1) is 8.15. The number of benzene rings is 2. The van der Waals surface area contributed by atoms with Gasteiger partial charge in [0, 0.05) is 0 Å². The van der Waals surface area contributed by atoms with E-state index >= 15 is 0 Å². The van der Waals surface area contributed by atoms with Crippen LogP contribution in [0, 0.1) is 6.92 Å². The minimum Gasteiger partial charge on any atom is -0.468 e. The van der Waals surface area contributed by atoms with E-state index in [1.807, 2.05) is 43.3 Å². The molecule has 0 aromatic heterocycles. The van der Waals surface area contributed by atoms with E-state index in [1.54, 1.807) is 0 Å². The molecule has 0 fully saturated rings. The van der Waals surface area contributed by atoms with E-state index in [2.05, 4.69) is 4.74 Å². The lowest BCUT2D eigenvalue weighted by Gasteiger charge is -2.13. The second-order valence-electron chi connectivity index (χ2n) is 4.02. The Hall–Kier alpha value is -1.58. The van der Waals surface area contributed by atoms with Crippen molar-refractivity contribution >= 4 is 29.1 Å². The summed E-state index contributed by atoms with van der Waals surface area (Å²) in [7, 11) is 1.35. The fraction of sp³-hybridized carbons (Fsp3) is 0.214. The van der Waals surface area contributed by atoms with Crippen LogP contribution in [0.4, 0.5) is 0 Å². The largest absolute Gasteiger partial charge is 0.468 e. The van der Waals surface area contributed by atoms with Gasteiger partial charge in [-0.15, -0.1) is 12.4 Å². The highest BCUT2D eigenvalue weighted by atomic mass is 35.5. The molecule has 0 aliphatic carbocycles. The molecule has 3 nitrogen and oxygen atoms in total. The minimum absolute atomic E-state index is 0. The number of methoxy groups -OCH3 is 1. The van der Waals surface area contributed by atoms with Crippen molar-refractivity contribution in [3.63, 3.8) is 0 Å². The summed E-state index contributed by atoms with van der Waals surface area (Å²) in [5, 5.41) is 2.12. The van der Waals surface area contributed by atoms with E-state index in [1.165, 1.54) is 12.7 Å². The topological polar surface area (TPSA) is 52.3 Å². The van der Waals surface area contributed by atoms with Crippen LogP contribution < -0.4 is 5.73 Å². The number of hydrogen-bond acceptors (Lipinski definition) is 3. The van der Waals surface area contributed by atoms with Gasteiger partial charge in [-0.2, -0.15) is 0 Å². The molecule has 0 aliphatic rings. The second-order valence-corrected chi connectivity index (χ2v) is 4.02. The number of carbonyl (C=O) groups excluding carboxylic acids is 1. The molecule has 0 radical (unpaired) electrons. The van der Waals surface area contributed by atoms with Gasteiger partial charge in [-0.25, -0.2) is 0 Å². The molecule has 4 heteroatoms. The molecule has 2 N–H and O–H groups in total. The van der Waals surface area contributed by atoms with Gasteiger partial charge in [0.1, 0.15) is 6.04 Å². The van der Waals surface area contributed by atoms with Crippen LogP contribution in [0.25, 0.3) is 10.8 Å². The van der Waals surface area contributed by atoms with Crippen LogP contribution in [-0.4, -0.2) is 13.1 Å². The van der Waals surface area contributed by atoms with Crippen LogP contribution in [0.15, 0.2) is 36.4 Å². The monoisotopic (exact) mass is 265 g/mol. The predicted octanol–water partition coefficient (Wildman–Crippen LogP) is 2.74. The summed E-state index contributed by atoms with van der Waals surface area (Å²) < 4.78 is 4.68. The maximum Gasteiger partial charge on any atom is 0.327 e. The van der Waals surface area contributed by atoms with E-state index in [9.17, 15) is 4.79 Å². The van der Waals surface area contributed by atoms with Crippen LogP contribution in [0.2, 0.25) is 0 Å². The molecule has 2 aromatic carbocycles. The highest BCUT2D eigenvalue weighted by Gasteiger charge is 2.18. The molecule has 0 unspecified atom stereocenters. The molecule has 1 atom stereocenters. The number of fused-ring (bicyclic) bond motifs is 1. The number of rotatable bonds is 2. The zero-order chi connectivity index (χ0) is 12.4. The number of nitrogens with two attached hydrogens (primary N) is 1. The van der Waals surface area contributed by atoms with Crippen molar-refractivity contribution in [2.24, 2.45) is 5.73 Å². The van der Waals surface area contributed by atoms with E-state index in [0.717, 1.165) is 16.3 Å². The van der Waals surface area contributed by atoms with E-state index in [-0.39, 0.29) is 12.4 Å².